The summed E-state index contributed by atoms with van der Waals surface area (Å²) in [7, 11) is 1.22. The summed E-state index contributed by atoms with van der Waals surface area (Å²) < 4.78 is 0. The van der Waals surface area contributed by atoms with Gasteiger partial charge in [0.05, 0.1) is 0 Å². The van der Waals surface area contributed by atoms with Crippen LogP contribution >= 0.6 is 0 Å². The SMILES string of the molecule is CN1Cc2c(C[C@H](N)C(=O)O)cccc2B1O. The molecular formula is C11H15BN2O3. The summed E-state index contributed by atoms with van der Waals surface area (Å²) in [4.78, 5) is 12.6. The average Bonchev–Trinajstić information content (AvgIpc) is 2.57. The predicted molar refractivity (Wildman–Crippen MR) is 64.8 cm³/mol. The van der Waals surface area contributed by atoms with Gasteiger partial charge < -0.3 is 20.7 Å². The Morgan fingerprint density at radius 2 is 2.35 bits per heavy atom. The first-order valence-corrected chi connectivity index (χ1v) is 5.48. The van der Waals surface area contributed by atoms with Crippen molar-refractivity contribution in [3.05, 3.63) is 29.3 Å². The zero-order chi connectivity index (χ0) is 12.6. The number of aliphatic carboxylic acids is 1. The minimum Gasteiger partial charge on any atom is -0.480 e. The maximum Gasteiger partial charge on any atom is 0.416 e. The Bertz CT molecular complexity index is 452. The maximum absolute atomic E-state index is 10.7. The standard InChI is InChI=1S/C11H15BN2O3/c1-14-6-8-7(5-10(13)11(15)16)3-2-4-9(8)12(14)17/h2-4,10,17H,5-6,13H2,1H3,(H,15,16)/t10-/m0/s1. The Kier molecular flexibility index (Phi) is 3.19. The van der Waals surface area contributed by atoms with E-state index in [0.29, 0.717) is 13.0 Å². The number of hydrogen-bond donors (Lipinski definition) is 3. The van der Waals surface area contributed by atoms with Gasteiger partial charge in [-0.3, -0.25) is 4.79 Å². The molecule has 90 valence electrons. The van der Waals surface area contributed by atoms with Crippen LogP contribution in [0.2, 0.25) is 0 Å². The molecule has 6 heteroatoms. The number of fused-ring (bicyclic) bond motifs is 1. The van der Waals surface area contributed by atoms with Crippen LogP contribution < -0.4 is 11.2 Å². The zero-order valence-electron chi connectivity index (χ0n) is 9.63. The van der Waals surface area contributed by atoms with Gasteiger partial charge >= 0.3 is 13.0 Å². The molecule has 5 nitrogen and oxygen atoms in total. The molecule has 0 aromatic heterocycles. The van der Waals surface area contributed by atoms with Crippen molar-refractivity contribution in [2.24, 2.45) is 5.73 Å². The van der Waals surface area contributed by atoms with Gasteiger partial charge in [-0.15, -0.1) is 0 Å². The van der Waals surface area contributed by atoms with E-state index < -0.39 is 19.1 Å². The molecule has 0 radical (unpaired) electrons. The van der Waals surface area contributed by atoms with Gasteiger partial charge in [0.25, 0.3) is 0 Å². The number of rotatable bonds is 3. The highest BCUT2D eigenvalue weighted by Gasteiger charge is 2.32. The molecule has 0 saturated carbocycles. The van der Waals surface area contributed by atoms with E-state index in [1.54, 1.807) is 4.81 Å². The van der Waals surface area contributed by atoms with Gasteiger partial charge in [0.15, 0.2) is 0 Å². The van der Waals surface area contributed by atoms with Gasteiger partial charge in [-0.2, -0.15) is 0 Å². The predicted octanol–water partition coefficient (Wildman–Crippen LogP) is -1.23. The lowest BCUT2D eigenvalue weighted by Gasteiger charge is -2.11. The van der Waals surface area contributed by atoms with Crippen LogP contribution in [0, 0.1) is 0 Å². The summed E-state index contributed by atoms with van der Waals surface area (Å²) in [6, 6.07) is 4.65. The summed E-state index contributed by atoms with van der Waals surface area (Å²) in [5.74, 6) is -1.01. The fourth-order valence-electron chi connectivity index (χ4n) is 2.18. The van der Waals surface area contributed by atoms with Crippen molar-refractivity contribution in [2.45, 2.75) is 19.0 Å². The molecule has 0 fully saturated rings. The zero-order valence-corrected chi connectivity index (χ0v) is 9.63. The molecule has 0 spiro atoms. The van der Waals surface area contributed by atoms with E-state index in [9.17, 15) is 9.82 Å². The third-order valence-electron chi connectivity index (χ3n) is 3.17. The Morgan fingerprint density at radius 3 is 3.00 bits per heavy atom. The lowest BCUT2D eigenvalue weighted by Crippen LogP contribution is -2.39. The van der Waals surface area contributed by atoms with Crippen LogP contribution in [0.3, 0.4) is 0 Å². The van der Waals surface area contributed by atoms with Gasteiger partial charge in [0.2, 0.25) is 0 Å². The van der Waals surface area contributed by atoms with E-state index in [1.807, 2.05) is 25.2 Å². The number of carboxylic acid groups (broad SMARTS) is 1. The fourth-order valence-corrected chi connectivity index (χ4v) is 2.18. The smallest absolute Gasteiger partial charge is 0.416 e. The van der Waals surface area contributed by atoms with Gasteiger partial charge in [-0.25, -0.2) is 0 Å². The molecule has 0 bridgehead atoms. The van der Waals surface area contributed by atoms with E-state index in [-0.39, 0.29) is 0 Å². The fraction of sp³-hybridized carbons (Fsp3) is 0.364. The van der Waals surface area contributed by atoms with Crippen molar-refractivity contribution in [2.75, 3.05) is 7.05 Å². The van der Waals surface area contributed by atoms with Crippen molar-refractivity contribution in [3.8, 4) is 0 Å². The topological polar surface area (TPSA) is 86.8 Å². The second-order valence-corrected chi connectivity index (χ2v) is 4.42. The monoisotopic (exact) mass is 234 g/mol. The molecule has 1 atom stereocenters. The highest BCUT2D eigenvalue weighted by molar-refractivity contribution is 6.65. The van der Waals surface area contributed by atoms with E-state index in [1.165, 1.54) is 0 Å². The lowest BCUT2D eigenvalue weighted by atomic mass is 9.74. The summed E-state index contributed by atoms with van der Waals surface area (Å²) >= 11 is 0. The molecule has 0 amide bonds. The third kappa shape index (κ3) is 2.19. The second kappa shape index (κ2) is 4.48. The number of hydrogen-bond acceptors (Lipinski definition) is 4. The summed E-state index contributed by atoms with van der Waals surface area (Å²) in [6.07, 6.45) is 0.291. The Hall–Kier alpha value is -1.37. The van der Waals surface area contributed by atoms with E-state index >= 15 is 0 Å². The second-order valence-electron chi connectivity index (χ2n) is 4.42. The Morgan fingerprint density at radius 1 is 1.65 bits per heavy atom. The number of nitrogens with two attached hydrogens (primary N) is 1. The molecule has 0 aliphatic carbocycles. The molecule has 2 rings (SSSR count). The first kappa shape index (κ1) is 12.1. The van der Waals surface area contributed by atoms with E-state index in [2.05, 4.69) is 0 Å². The molecule has 4 N–H and O–H groups in total. The van der Waals surface area contributed by atoms with Gasteiger partial charge in [-0.1, -0.05) is 18.2 Å². The number of carboxylic acids is 1. The molecule has 0 unspecified atom stereocenters. The van der Waals surface area contributed by atoms with Gasteiger partial charge in [-0.05, 0) is 30.1 Å². The molecule has 0 saturated heterocycles. The maximum atomic E-state index is 10.7. The van der Waals surface area contributed by atoms with Crippen LogP contribution in [0.5, 0.6) is 0 Å². The van der Waals surface area contributed by atoms with Gasteiger partial charge in [0, 0.05) is 6.54 Å². The molecular weight excluding hydrogens is 219 g/mol. The largest absolute Gasteiger partial charge is 0.480 e. The minimum absolute atomic E-state index is 0.291. The minimum atomic E-state index is -1.01. The Labute approximate surface area is 100.0 Å². The lowest BCUT2D eigenvalue weighted by molar-refractivity contribution is -0.138. The third-order valence-corrected chi connectivity index (χ3v) is 3.17. The average molecular weight is 234 g/mol. The molecule has 1 aromatic carbocycles. The van der Waals surface area contributed by atoms with Crippen LogP contribution in [0.1, 0.15) is 11.1 Å². The molecule has 1 aliphatic heterocycles. The van der Waals surface area contributed by atoms with Crippen LogP contribution in [-0.4, -0.2) is 41.1 Å². The summed E-state index contributed by atoms with van der Waals surface area (Å²) in [5, 5.41) is 18.7. The van der Waals surface area contributed by atoms with E-state index in [4.69, 9.17) is 10.8 Å². The summed E-state index contributed by atoms with van der Waals surface area (Å²) in [6.45, 7) is 0.624. The van der Waals surface area contributed by atoms with Crippen LogP contribution in [-0.2, 0) is 17.8 Å². The van der Waals surface area contributed by atoms with E-state index in [0.717, 1.165) is 16.6 Å². The number of carbonyl (C=O) groups is 1. The van der Waals surface area contributed by atoms with Crippen LogP contribution in [0.25, 0.3) is 0 Å². The van der Waals surface area contributed by atoms with Crippen molar-refractivity contribution < 1.29 is 14.9 Å². The summed E-state index contributed by atoms with van der Waals surface area (Å²) in [5.41, 5.74) is 8.29. The Balaban J connectivity index is 2.29. The van der Waals surface area contributed by atoms with Crippen molar-refractivity contribution in [1.29, 1.82) is 0 Å². The highest BCUT2D eigenvalue weighted by Crippen LogP contribution is 2.17. The number of benzene rings is 1. The molecule has 1 aromatic rings. The van der Waals surface area contributed by atoms with Gasteiger partial charge in [0.1, 0.15) is 6.04 Å². The molecule has 17 heavy (non-hydrogen) atoms. The van der Waals surface area contributed by atoms with Crippen molar-refractivity contribution in [3.63, 3.8) is 0 Å². The molecule has 1 aliphatic rings. The first-order valence-electron chi connectivity index (χ1n) is 5.48. The first-order chi connectivity index (χ1) is 8.00. The van der Waals surface area contributed by atoms with Crippen LogP contribution in [0.15, 0.2) is 18.2 Å². The molecule has 1 heterocycles. The quantitative estimate of drug-likeness (QED) is 0.570. The normalized spacial score (nSPS) is 17.0. The number of nitrogens with zero attached hydrogens (tertiary/aromatic N) is 1. The van der Waals surface area contributed by atoms with Crippen LogP contribution in [0.4, 0.5) is 0 Å². The van der Waals surface area contributed by atoms with Crippen molar-refractivity contribution in [1.82, 2.24) is 4.81 Å². The highest BCUT2D eigenvalue weighted by atomic mass is 16.4. The van der Waals surface area contributed by atoms with Crippen molar-refractivity contribution >= 4 is 18.5 Å².